The van der Waals surface area contributed by atoms with Crippen molar-refractivity contribution in [1.82, 2.24) is 4.90 Å². The summed E-state index contributed by atoms with van der Waals surface area (Å²) in [5.41, 5.74) is 6.85. The zero-order valence-electron chi connectivity index (χ0n) is 11.3. The van der Waals surface area contributed by atoms with E-state index in [9.17, 15) is 9.59 Å². The van der Waals surface area contributed by atoms with Gasteiger partial charge in [-0.1, -0.05) is 12.1 Å². The van der Waals surface area contributed by atoms with Crippen LogP contribution in [0.3, 0.4) is 0 Å². The van der Waals surface area contributed by atoms with Crippen molar-refractivity contribution in [1.29, 1.82) is 0 Å². The third-order valence-electron chi connectivity index (χ3n) is 3.38. The van der Waals surface area contributed by atoms with Gasteiger partial charge in [0.05, 0.1) is 5.54 Å². The quantitative estimate of drug-likeness (QED) is 0.852. The van der Waals surface area contributed by atoms with Crippen LogP contribution < -0.4 is 11.1 Å². The first-order chi connectivity index (χ1) is 8.90. The van der Waals surface area contributed by atoms with E-state index in [1.165, 1.54) is 6.92 Å². The summed E-state index contributed by atoms with van der Waals surface area (Å²) in [6.07, 6.45) is 1.48. The topological polar surface area (TPSA) is 75.4 Å². The average Bonchev–Trinajstić information content (AvgIpc) is 3.09. The minimum absolute atomic E-state index is 0.00771. The fraction of sp³-hybridized carbons (Fsp3) is 0.429. The zero-order chi connectivity index (χ0) is 14.0. The molecule has 1 aromatic rings. The normalized spacial score (nSPS) is 15.7. The van der Waals surface area contributed by atoms with Gasteiger partial charge in [0.1, 0.15) is 0 Å². The summed E-state index contributed by atoms with van der Waals surface area (Å²) in [6.45, 7) is 2.05. The van der Waals surface area contributed by atoms with E-state index in [2.05, 4.69) is 5.32 Å². The summed E-state index contributed by atoms with van der Waals surface area (Å²) in [5, 5.41) is 2.82. The van der Waals surface area contributed by atoms with E-state index in [0.717, 1.165) is 24.1 Å². The molecule has 1 aromatic carbocycles. The number of hydrogen-bond donors (Lipinski definition) is 2. The number of carbonyl (C=O) groups is 2. The minimum atomic E-state index is -0.674. The minimum Gasteiger partial charge on any atom is -0.342 e. The van der Waals surface area contributed by atoms with Crippen LogP contribution in [0, 0.1) is 0 Å². The molecule has 2 amide bonds. The number of nitrogens with one attached hydrogen (secondary N) is 1. The summed E-state index contributed by atoms with van der Waals surface area (Å²) >= 11 is 0. The van der Waals surface area contributed by atoms with Crippen molar-refractivity contribution in [2.24, 2.45) is 5.73 Å². The molecule has 0 bridgehead atoms. The Morgan fingerprint density at radius 2 is 2.11 bits per heavy atom. The number of nitrogens with zero attached hydrogens (tertiary/aromatic N) is 1. The molecule has 0 aromatic heterocycles. The molecule has 1 aliphatic rings. The molecular weight excluding hydrogens is 242 g/mol. The summed E-state index contributed by atoms with van der Waals surface area (Å²) in [4.78, 5) is 24.6. The van der Waals surface area contributed by atoms with Gasteiger partial charge in [0, 0.05) is 26.2 Å². The maximum atomic E-state index is 11.8. The first-order valence-electron chi connectivity index (χ1n) is 6.32. The highest BCUT2D eigenvalue weighted by Gasteiger charge is 2.45. The second-order valence-corrected chi connectivity index (χ2v) is 5.19. The number of rotatable bonds is 4. The SMILES string of the molecule is CC(=O)N(C)Cc1cccc(NC(=O)C2(N)CC2)c1. The van der Waals surface area contributed by atoms with E-state index in [1.54, 1.807) is 11.9 Å². The lowest BCUT2D eigenvalue weighted by atomic mass is 10.1. The summed E-state index contributed by atoms with van der Waals surface area (Å²) in [6, 6.07) is 7.46. The first-order valence-corrected chi connectivity index (χ1v) is 6.32. The highest BCUT2D eigenvalue weighted by molar-refractivity contribution is 6.00. The standard InChI is InChI=1S/C14H19N3O2/c1-10(18)17(2)9-11-4-3-5-12(8-11)16-13(19)14(15)6-7-14/h3-5,8H,6-7,9,15H2,1-2H3,(H,16,19). The molecule has 5 heteroatoms. The van der Waals surface area contributed by atoms with E-state index in [0.29, 0.717) is 6.54 Å². The molecule has 1 saturated carbocycles. The van der Waals surface area contributed by atoms with Gasteiger partial charge >= 0.3 is 0 Å². The number of hydrogen-bond acceptors (Lipinski definition) is 3. The van der Waals surface area contributed by atoms with Crippen LogP contribution in [0.5, 0.6) is 0 Å². The van der Waals surface area contributed by atoms with Gasteiger partial charge < -0.3 is 16.0 Å². The molecule has 3 N–H and O–H groups in total. The molecule has 0 heterocycles. The van der Waals surface area contributed by atoms with Gasteiger partial charge in [-0.3, -0.25) is 9.59 Å². The first kappa shape index (κ1) is 13.5. The van der Waals surface area contributed by atoms with Crippen LogP contribution in [0.15, 0.2) is 24.3 Å². The summed E-state index contributed by atoms with van der Waals surface area (Å²) in [5.74, 6) is -0.127. The third-order valence-corrected chi connectivity index (χ3v) is 3.38. The van der Waals surface area contributed by atoms with Crippen molar-refractivity contribution in [3.05, 3.63) is 29.8 Å². The van der Waals surface area contributed by atoms with Gasteiger partial charge in [-0.05, 0) is 30.5 Å². The molecule has 19 heavy (non-hydrogen) atoms. The number of nitrogens with two attached hydrogens (primary N) is 1. The molecular formula is C14H19N3O2. The van der Waals surface area contributed by atoms with E-state index in [1.807, 2.05) is 24.3 Å². The molecule has 0 aliphatic heterocycles. The van der Waals surface area contributed by atoms with Gasteiger partial charge in [-0.25, -0.2) is 0 Å². The van der Waals surface area contributed by atoms with Crippen molar-refractivity contribution in [3.8, 4) is 0 Å². The maximum Gasteiger partial charge on any atom is 0.244 e. The van der Waals surface area contributed by atoms with Gasteiger partial charge in [0.15, 0.2) is 0 Å². The van der Waals surface area contributed by atoms with Crippen LogP contribution in [-0.2, 0) is 16.1 Å². The Bertz CT molecular complexity index is 509. The largest absolute Gasteiger partial charge is 0.342 e. The predicted octanol–water partition coefficient (Wildman–Crippen LogP) is 1.09. The van der Waals surface area contributed by atoms with Crippen molar-refractivity contribution >= 4 is 17.5 Å². The fourth-order valence-corrected chi connectivity index (χ4v) is 1.75. The molecule has 0 atom stereocenters. The fourth-order valence-electron chi connectivity index (χ4n) is 1.75. The lowest BCUT2D eigenvalue weighted by molar-refractivity contribution is -0.128. The van der Waals surface area contributed by atoms with Gasteiger partial charge in [-0.2, -0.15) is 0 Å². The highest BCUT2D eigenvalue weighted by Crippen LogP contribution is 2.33. The highest BCUT2D eigenvalue weighted by atomic mass is 16.2. The van der Waals surface area contributed by atoms with Crippen molar-refractivity contribution in [2.75, 3.05) is 12.4 Å². The number of carbonyl (C=O) groups excluding carboxylic acids is 2. The number of anilines is 1. The van der Waals surface area contributed by atoms with Crippen LogP contribution in [0.2, 0.25) is 0 Å². The summed E-state index contributed by atoms with van der Waals surface area (Å²) in [7, 11) is 1.74. The average molecular weight is 261 g/mol. The molecule has 1 fully saturated rings. The van der Waals surface area contributed by atoms with E-state index in [-0.39, 0.29) is 11.8 Å². The number of benzene rings is 1. The third kappa shape index (κ3) is 3.32. The Morgan fingerprint density at radius 3 is 2.68 bits per heavy atom. The van der Waals surface area contributed by atoms with Crippen LogP contribution in [0.1, 0.15) is 25.3 Å². The molecule has 0 spiro atoms. The van der Waals surface area contributed by atoms with Crippen molar-refractivity contribution in [2.45, 2.75) is 31.8 Å². The lowest BCUT2D eigenvalue weighted by Crippen LogP contribution is -2.37. The molecule has 0 unspecified atom stereocenters. The number of amides is 2. The van der Waals surface area contributed by atoms with E-state index in [4.69, 9.17) is 5.73 Å². The predicted molar refractivity (Wildman–Crippen MR) is 73.4 cm³/mol. The smallest absolute Gasteiger partial charge is 0.244 e. The van der Waals surface area contributed by atoms with E-state index < -0.39 is 5.54 Å². The zero-order valence-corrected chi connectivity index (χ0v) is 11.3. The van der Waals surface area contributed by atoms with Crippen LogP contribution >= 0.6 is 0 Å². The van der Waals surface area contributed by atoms with Crippen LogP contribution in [0.4, 0.5) is 5.69 Å². The Balaban J connectivity index is 2.02. The van der Waals surface area contributed by atoms with Crippen LogP contribution in [-0.4, -0.2) is 29.3 Å². The van der Waals surface area contributed by atoms with E-state index >= 15 is 0 Å². The Hall–Kier alpha value is -1.88. The second kappa shape index (κ2) is 5.01. The Labute approximate surface area is 112 Å². The van der Waals surface area contributed by atoms with Gasteiger partial charge in [0.25, 0.3) is 0 Å². The van der Waals surface area contributed by atoms with Gasteiger partial charge in [0.2, 0.25) is 11.8 Å². The monoisotopic (exact) mass is 261 g/mol. The molecule has 0 radical (unpaired) electrons. The lowest BCUT2D eigenvalue weighted by Gasteiger charge is -2.16. The van der Waals surface area contributed by atoms with Gasteiger partial charge in [-0.15, -0.1) is 0 Å². The molecule has 0 saturated heterocycles. The molecule has 5 nitrogen and oxygen atoms in total. The molecule has 1 aliphatic carbocycles. The Morgan fingerprint density at radius 1 is 1.42 bits per heavy atom. The Kier molecular flexibility index (Phi) is 3.57. The summed E-state index contributed by atoms with van der Waals surface area (Å²) < 4.78 is 0. The van der Waals surface area contributed by atoms with Crippen molar-refractivity contribution < 1.29 is 9.59 Å². The maximum absolute atomic E-state index is 11.8. The molecule has 2 rings (SSSR count). The second-order valence-electron chi connectivity index (χ2n) is 5.19. The molecule has 102 valence electrons. The van der Waals surface area contributed by atoms with Crippen LogP contribution in [0.25, 0.3) is 0 Å². The van der Waals surface area contributed by atoms with Crippen molar-refractivity contribution in [3.63, 3.8) is 0 Å².